The molecule has 0 bridgehead atoms. The molecule has 2 heterocycles. The third-order valence-corrected chi connectivity index (χ3v) is 3.30. The van der Waals surface area contributed by atoms with E-state index in [-0.39, 0.29) is 12.3 Å². The second kappa shape index (κ2) is 6.75. The van der Waals surface area contributed by atoms with Gasteiger partial charge in [-0.15, -0.1) is 10.2 Å². The van der Waals surface area contributed by atoms with E-state index in [4.69, 9.17) is 5.11 Å². The van der Waals surface area contributed by atoms with E-state index < -0.39 is 5.91 Å². The third kappa shape index (κ3) is 3.38. The van der Waals surface area contributed by atoms with Gasteiger partial charge in [-0.2, -0.15) is 0 Å². The summed E-state index contributed by atoms with van der Waals surface area (Å²) < 4.78 is 0. The predicted molar refractivity (Wildman–Crippen MR) is 75.4 cm³/mol. The monoisotopic (exact) mass is 288 g/mol. The number of hydrogen-bond donors (Lipinski definition) is 2. The highest BCUT2D eigenvalue weighted by Gasteiger charge is 2.14. The second-order valence-corrected chi connectivity index (χ2v) is 4.73. The van der Waals surface area contributed by atoms with E-state index >= 15 is 0 Å². The summed E-state index contributed by atoms with van der Waals surface area (Å²) in [6.45, 7) is 1.69. The Kier molecular flexibility index (Phi) is 4.76. The molecule has 0 spiro atoms. The Morgan fingerprint density at radius 2 is 2.35 bits per heavy atom. The van der Waals surface area contributed by atoms with Crippen LogP contribution in [0.25, 0.3) is 0 Å². The lowest BCUT2D eigenvalue weighted by atomic mass is 10.2. The molecule has 2 aromatic rings. The molecule has 0 aliphatic carbocycles. The molecule has 6 nitrogen and oxygen atoms in total. The molecule has 20 heavy (non-hydrogen) atoms. The predicted octanol–water partition coefficient (Wildman–Crippen LogP) is 1.09. The van der Waals surface area contributed by atoms with Gasteiger partial charge in [0.1, 0.15) is 17.3 Å². The van der Waals surface area contributed by atoms with Crippen LogP contribution in [0, 0.1) is 11.8 Å². The fourth-order valence-corrected chi connectivity index (χ4v) is 2.10. The van der Waals surface area contributed by atoms with Gasteiger partial charge >= 0.3 is 0 Å². The Balaban J connectivity index is 2.20. The summed E-state index contributed by atoms with van der Waals surface area (Å²) in [6.07, 6.45) is 2.28. The number of anilines is 1. The van der Waals surface area contributed by atoms with E-state index in [0.29, 0.717) is 10.7 Å². The number of nitrogens with zero attached hydrogens (tertiary/aromatic N) is 3. The van der Waals surface area contributed by atoms with Crippen molar-refractivity contribution in [2.24, 2.45) is 0 Å². The molecule has 0 saturated carbocycles. The number of carbonyl (C=O) groups is 1. The topological polar surface area (TPSA) is 88.0 Å². The van der Waals surface area contributed by atoms with Gasteiger partial charge in [-0.3, -0.25) is 10.1 Å². The van der Waals surface area contributed by atoms with Crippen LogP contribution >= 0.6 is 11.3 Å². The van der Waals surface area contributed by atoms with Gasteiger partial charge in [0, 0.05) is 6.20 Å². The number of aryl methyl sites for hydroxylation is 1. The van der Waals surface area contributed by atoms with Crippen LogP contribution < -0.4 is 5.32 Å². The highest BCUT2D eigenvalue weighted by molar-refractivity contribution is 7.15. The first-order valence-corrected chi connectivity index (χ1v) is 6.74. The zero-order valence-electron chi connectivity index (χ0n) is 10.8. The maximum atomic E-state index is 12.1. The minimum atomic E-state index is -0.397. The summed E-state index contributed by atoms with van der Waals surface area (Å²) in [7, 11) is 0. The number of hydrogen-bond acceptors (Lipinski definition) is 6. The smallest absolute Gasteiger partial charge is 0.277 e. The standard InChI is InChI=1S/C13H12N4O2S/c1-2-10-16-17-13(20-10)15-12(19)11-9(6-4-8-18)5-3-7-14-11/h3,5,7,18H,2,8H2,1H3,(H,15,17,19). The number of aliphatic hydroxyl groups excluding tert-OH is 1. The number of carbonyl (C=O) groups excluding carboxylic acids is 1. The summed E-state index contributed by atoms with van der Waals surface area (Å²) in [5.41, 5.74) is 0.654. The number of rotatable bonds is 3. The van der Waals surface area contributed by atoms with Gasteiger partial charge in [0.15, 0.2) is 0 Å². The van der Waals surface area contributed by atoms with E-state index in [1.165, 1.54) is 17.5 Å². The van der Waals surface area contributed by atoms with Crippen molar-refractivity contribution >= 4 is 22.4 Å². The minimum absolute atomic E-state index is 0.196. The van der Waals surface area contributed by atoms with Crippen molar-refractivity contribution in [2.45, 2.75) is 13.3 Å². The fraction of sp³-hybridized carbons (Fsp3) is 0.231. The lowest BCUT2D eigenvalue weighted by molar-refractivity contribution is 0.102. The van der Waals surface area contributed by atoms with Gasteiger partial charge in [-0.1, -0.05) is 30.1 Å². The Morgan fingerprint density at radius 3 is 3.05 bits per heavy atom. The van der Waals surface area contributed by atoms with Crippen LogP contribution in [0.5, 0.6) is 0 Å². The molecule has 0 aromatic carbocycles. The first-order chi connectivity index (χ1) is 9.74. The summed E-state index contributed by atoms with van der Waals surface area (Å²) in [5, 5.41) is 20.4. The largest absolute Gasteiger partial charge is 0.384 e. The Morgan fingerprint density at radius 1 is 1.50 bits per heavy atom. The minimum Gasteiger partial charge on any atom is -0.384 e. The van der Waals surface area contributed by atoms with Crippen molar-refractivity contribution in [1.29, 1.82) is 0 Å². The zero-order chi connectivity index (χ0) is 14.4. The van der Waals surface area contributed by atoms with Crippen LogP contribution in [0.4, 0.5) is 5.13 Å². The van der Waals surface area contributed by atoms with Crippen molar-refractivity contribution in [2.75, 3.05) is 11.9 Å². The molecule has 102 valence electrons. The van der Waals surface area contributed by atoms with Crippen LogP contribution in [-0.4, -0.2) is 32.8 Å². The average Bonchev–Trinajstić information content (AvgIpc) is 2.93. The van der Waals surface area contributed by atoms with Crippen molar-refractivity contribution in [3.05, 3.63) is 34.6 Å². The summed E-state index contributed by atoms with van der Waals surface area (Å²) in [6, 6.07) is 3.35. The first kappa shape index (κ1) is 14.1. The maximum absolute atomic E-state index is 12.1. The van der Waals surface area contributed by atoms with Gasteiger partial charge < -0.3 is 5.11 Å². The number of nitrogens with one attached hydrogen (secondary N) is 1. The van der Waals surface area contributed by atoms with Gasteiger partial charge in [0.2, 0.25) is 5.13 Å². The van der Waals surface area contributed by atoms with Gasteiger partial charge in [-0.05, 0) is 18.6 Å². The third-order valence-electron chi connectivity index (χ3n) is 2.31. The maximum Gasteiger partial charge on any atom is 0.277 e. The highest BCUT2D eigenvalue weighted by Crippen LogP contribution is 2.16. The Hall–Kier alpha value is -2.30. The molecule has 0 aliphatic heterocycles. The molecule has 7 heteroatoms. The Bertz CT molecular complexity index is 672. The molecule has 0 saturated heterocycles. The molecule has 1 amide bonds. The lowest BCUT2D eigenvalue weighted by Gasteiger charge is -2.02. The number of aliphatic hydroxyl groups is 1. The molecular weight excluding hydrogens is 276 g/mol. The summed E-state index contributed by atoms with van der Waals surface area (Å²) in [5.74, 6) is 4.79. The second-order valence-electron chi connectivity index (χ2n) is 3.67. The average molecular weight is 288 g/mol. The number of amides is 1. The molecule has 2 rings (SSSR count). The quantitative estimate of drug-likeness (QED) is 0.825. The first-order valence-electron chi connectivity index (χ1n) is 5.93. The van der Waals surface area contributed by atoms with Crippen molar-refractivity contribution in [3.63, 3.8) is 0 Å². The van der Waals surface area contributed by atoms with Crippen LogP contribution in [0.3, 0.4) is 0 Å². The number of pyridine rings is 1. The molecule has 2 aromatic heterocycles. The molecule has 0 radical (unpaired) electrons. The van der Waals surface area contributed by atoms with E-state index in [2.05, 4.69) is 32.3 Å². The van der Waals surface area contributed by atoms with Crippen LogP contribution in [0.2, 0.25) is 0 Å². The van der Waals surface area contributed by atoms with E-state index in [1.807, 2.05) is 6.92 Å². The zero-order valence-corrected chi connectivity index (χ0v) is 11.6. The molecular formula is C13H12N4O2S. The molecule has 0 atom stereocenters. The van der Waals surface area contributed by atoms with Crippen molar-refractivity contribution in [3.8, 4) is 11.8 Å². The van der Waals surface area contributed by atoms with Crippen LogP contribution in [0.1, 0.15) is 28.0 Å². The summed E-state index contributed by atoms with van der Waals surface area (Å²) >= 11 is 1.32. The highest BCUT2D eigenvalue weighted by atomic mass is 32.1. The van der Waals surface area contributed by atoms with Gasteiger partial charge in [0.05, 0.1) is 5.56 Å². The van der Waals surface area contributed by atoms with Gasteiger partial charge in [-0.25, -0.2) is 4.98 Å². The molecule has 0 unspecified atom stereocenters. The van der Waals surface area contributed by atoms with Crippen LogP contribution in [0.15, 0.2) is 18.3 Å². The normalized spacial score (nSPS) is 9.70. The molecule has 2 N–H and O–H groups in total. The SMILES string of the molecule is CCc1nnc(NC(=O)c2ncccc2C#CCO)s1. The van der Waals surface area contributed by atoms with E-state index in [9.17, 15) is 4.79 Å². The van der Waals surface area contributed by atoms with Crippen molar-refractivity contribution < 1.29 is 9.90 Å². The van der Waals surface area contributed by atoms with Crippen LogP contribution in [-0.2, 0) is 6.42 Å². The fourth-order valence-electron chi connectivity index (χ4n) is 1.43. The van der Waals surface area contributed by atoms with Crippen molar-refractivity contribution in [1.82, 2.24) is 15.2 Å². The lowest BCUT2D eigenvalue weighted by Crippen LogP contribution is -2.15. The van der Waals surface area contributed by atoms with Gasteiger partial charge in [0.25, 0.3) is 5.91 Å². The Labute approximate surface area is 119 Å². The summed E-state index contributed by atoms with van der Waals surface area (Å²) in [4.78, 5) is 16.1. The molecule has 0 fully saturated rings. The van der Waals surface area contributed by atoms with E-state index in [0.717, 1.165) is 11.4 Å². The van der Waals surface area contributed by atoms with E-state index in [1.54, 1.807) is 12.1 Å². The number of aromatic nitrogens is 3. The molecule has 0 aliphatic rings.